The number of hydrogen-bond acceptors (Lipinski definition) is 4. The smallest absolute Gasteiger partial charge is 0.249 e. The third-order valence-electron chi connectivity index (χ3n) is 4.49. The van der Waals surface area contributed by atoms with E-state index in [1.54, 1.807) is 6.20 Å². The molecule has 128 valence electrons. The van der Waals surface area contributed by atoms with Crippen molar-refractivity contribution in [3.8, 4) is 0 Å². The molecular weight excluding hydrogens is 304 g/mol. The second kappa shape index (κ2) is 7.18. The highest BCUT2D eigenvalue weighted by atomic mass is 16.5. The quantitative estimate of drug-likeness (QED) is 0.843. The van der Waals surface area contributed by atoms with Gasteiger partial charge in [-0.25, -0.2) is 4.98 Å². The summed E-state index contributed by atoms with van der Waals surface area (Å²) in [5.41, 5.74) is 3.72. The molecule has 2 heterocycles. The van der Waals surface area contributed by atoms with Gasteiger partial charge in [-0.15, -0.1) is 0 Å². The highest BCUT2D eigenvalue weighted by molar-refractivity contribution is 5.78. The summed E-state index contributed by atoms with van der Waals surface area (Å²) in [5, 5.41) is 0. The average Bonchev–Trinajstić information content (AvgIpc) is 3.18. The third kappa shape index (κ3) is 3.67. The Hall–Kier alpha value is -2.14. The summed E-state index contributed by atoms with van der Waals surface area (Å²) in [6.07, 6.45) is 3.69. The van der Waals surface area contributed by atoms with Gasteiger partial charge in [0.15, 0.2) is 0 Å². The fraction of sp³-hybridized carbons (Fsp3) is 0.474. The summed E-state index contributed by atoms with van der Waals surface area (Å²) >= 11 is 0. The standard InChI is InChI=1S/C19H24N2O3/c1-13-6-7-14(2)16(9-13)17-5-4-8-21(17)19(22)12-23-11-18-20-10-15(3)24-18/h6-7,9-10,17H,4-5,8,11-12H2,1-3H3. The number of carbonyl (C=O) groups is 1. The van der Waals surface area contributed by atoms with E-state index >= 15 is 0 Å². The molecule has 0 saturated carbocycles. The Balaban J connectivity index is 1.62. The van der Waals surface area contributed by atoms with E-state index in [2.05, 4.69) is 37.0 Å². The number of hydrogen-bond donors (Lipinski definition) is 0. The normalized spacial score (nSPS) is 17.5. The zero-order valence-corrected chi connectivity index (χ0v) is 14.5. The van der Waals surface area contributed by atoms with E-state index in [0.29, 0.717) is 5.89 Å². The van der Waals surface area contributed by atoms with Crippen molar-refractivity contribution in [3.63, 3.8) is 0 Å². The van der Waals surface area contributed by atoms with Crippen LogP contribution < -0.4 is 0 Å². The van der Waals surface area contributed by atoms with Gasteiger partial charge in [-0.1, -0.05) is 23.8 Å². The van der Waals surface area contributed by atoms with Crippen molar-refractivity contribution >= 4 is 5.91 Å². The van der Waals surface area contributed by atoms with Gasteiger partial charge in [0.25, 0.3) is 0 Å². The number of amides is 1. The fourth-order valence-corrected chi connectivity index (χ4v) is 3.28. The lowest BCUT2D eigenvalue weighted by Crippen LogP contribution is -2.33. The van der Waals surface area contributed by atoms with Gasteiger partial charge in [0, 0.05) is 6.54 Å². The Bertz CT molecular complexity index is 723. The maximum atomic E-state index is 12.6. The highest BCUT2D eigenvalue weighted by Gasteiger charge is 2.30. The number of rotatable bonds is 5. The minimum Gasteiger partial charge on any atom is -0.443 e. The van der Waals surface area contributed by atoms with Crippen LogP contribution in [0.15, 0.2) is 28.8 Å². The molecular formula is C19H24N2O3. The summed E-state index contributed by atoms with van der Waals surface area (Å²) in [6.45, 7) is 7.10. The Kier molecular flexibility index (Phi) is 5.00. The average molecular weight is 328 g/mol. The number of likely N-dealkylation sites (tertiary alicyclic amines) is 1. The molecule has 1 aliphatic heterocycles. The molecule has 5 nitrogen and oxygen atoms in total. The van der Waals surface area contributed by atoms with Gasteiger partial charge in [-0.05, 0) is 44.7 Å². The number of aromatic nitrogens is 1. The van der Waals surface area contributed by atoms with Gasteiger partial charge < -0.3 is 14.1 Å². The van der Waals surface area contributed by atoms with Crippen LogP contribution in [0.2, 0.25) is 0 Å². The number of carbonyl (C=O) groups excluding carboxylic acids is 1. The second-order valence-electron chi connectivity index (χ2n) is 6.46. The van der Waals surface area contributed by atoms with E-state index in [1.807, 2.05) is 11.8 Å². The van der Waals surface area contributed by atoms with Gasteiger partial charge in [-0.3, -0.25) is 4.79 Å². The van der Waals surface area contributed by atoms with Crippen LogP contribution in [0.3, 0.4) is 0 Å². The van der Waals surface area contributed by atoms with Crippen LogP contribution in [0.1, 0.15) is 47.2 Å². The Morgan fingerprint density at radius 2 is 2.21 bits per heavy atom. The lowest BCUT2D eigenvalue weighted by atomic mass is 9.97. The van der Waals surface area contributed by atoms with E-state index in [0.717, 1.165) is 25.1 Å². The molecule has 0 bridgehead atoms. The minimum atomic E-state index is 0.0293. The predicted octanol–water partition coefficient (Wildman–Crippen LogP) is 3.48. The zero-order chi connectivity index (χ0) is 17.1. The predicted molar refractivity (Wildman–Crippen MR) is 90.5 cm³/mol. The monoisotopic (exact) mass is 328 g/mol. The van der Waals surface area contributed by atoms with Crippen LogP contribution >= 0.6 is 0 Å². The number of nitrogens with zero attached hydrogens (tertiary/aromatic N) is 2. The molecule has 0 spiro atoms. The summed E-state index contributed by atoms with van der Waals surface area (Å²) in [4.78, 5) is 18.6. The molecule has 1 saturated heterocycles. The van der Waals surface area contributed by atoms with Crippen LogP contribution in [0.4, 0.5) is 0 Å². The SMILES string of the molecule is Cc1ccc(C)c(C2CCCN2C(=O)COCc2ncc(C)o2)c1. The fourth-order valence-electron chi connectivity index (χ4n) is 3.28. The molecule has 1 aliphatic rings. The van der Waals surface area contributed by atoms with Crippen molar-refractivity contribution in [2.75, 3.05) is 13.2 Å². The maximum absolute atomic E-state index is 12.6. The van der Waals surface area contributed by atoms with E-state index < -0.39 is 0 Å². The van der Waals surface area contributed by atoms with Crippen LogP contribution in [-0.2, 0) is 16.1 Å². The van der Waals surface area contributed by atoms with Crippen molar-refractivity contribution in [1.82, 2.24) is 9.88 Å². The first kappa shape index (κ1) is 16.7. The van der Waals surface area contributed by atoms with Crippen LogP contribution in [0.5, 0.6) is 0 Å². The van der Waals surface area contributed by atoms with E-state index in [4.69, 9.17) is 9.15 Å². The molecule has 1 unspecified atom stereocenters. The first-order valence-electron chi connectivity index (χ1n) is 8.40. The Morgan fingerprint density at radius 3 is 2.96 bits per heavy atom. The lowest BCUT2D eigenvalue weighted by Gasteiger charge is -2.26. The summed E-state index contributed by atoms with van der Waals surface area (Å²) in [5.74, 6) is 1.28. The zero-order valence-electron chi connectivity index (χ0n) is 14.5. The third-order valence-corrected chi connectivity index (χ3v) is 4.49. The molecule has 2 aromatic rings. The topological polar surface area (TPSA) is 55.6 Å². The van der Waals surface area contributed by atoms with Gasteiger partial charge in [0.1, 0.15) is 19.0 Å². The molecule has 0 N–H and O–H groups in total. The largest absolute Gasteiger partial charge is 0.443 e. The van der Waals surface area contributed by atoms with Crippen molar-refractivity contribution in [1.29, 1.82) is 0 Å². The molecule has 0 aliphatic carbocycles. The molecule has 5 heteroatoms. The van der Waals surface area contributed by atoms with Gasteiger partial charge in [-0.2, -0.15) is 0 Å². The van der Waals surface area contributed by atoms with Crippen molar-refractivity contribution in [2.24, 2.45) is 0 Å². The number of oxazole rings is 1. The summed E-state index contributed by atoms with van der Waals surface area (Å²) in [7, 11) is 0. The second-order valence-corrected chi connectivity index (χ2v) is 6.46. The molecule has 1 fully saturated rings. The molecule has 24 heavy (non-hydrogen) atoms. The van der Waals surface area contributed by atoms with Gasteiger partial charge in [0.05, 0.1) is 12.2 Å². The number of ether oxygens (including phenoxy) is 1. The van der Waals surface area contributed by atoms with E-state index in [1.165, 1.54) is 16.7 Å². The first-order valence-corrected chi connectivity index (χ1v) is 8.40. The molecule has 3 rings (SSSR count). The van der Waals surface area contributed by atoms with E-state index in [9.17, 15) is 4.79 Å². The van der Waals surface area contributed by atoms with E-state index in [-0.39, 0.29) is 25.2 Å². The van der Waals surface area contributed by atoms with Crippen molar-refractivity contribution in [3.05, 3.63) is 52.7 Å². The first-order chi connectivity index (χ1) is 11.5. The molecule has 1 atom stereocenters. The van der Waals surface area contributed by atoms with Crippen molar-refractivity contribution < 1.29 is 13.9 Å². The van der Waals surface area contributed by atoms with Gasteiger partial charge in [0.2, 0.25) is 11.8 Å². The Labute approximate surface area is 142 Å². The molecule has 1 aromatic carbocycles. The van der Waals surface area contributed by atoms with Crippen LogP contribution in [0, 0.1) is 20.8 Å². The van der Waals surface area contributed by atoms with Crippen LogP contribution in [-0.4, -0.2) is 28.9 Å². The number of aryl methyl sites for hydroxylation is 3. The molecule has 0 radical (unpaired) electrons. The minimum absolute atomic E-state index is 0.0293. The molecule has 1 amide bonds. The maximum Gasteiger partial charge on any atom is 0.249 e. The highest BCUT2D eigenvalue weighted by Crippen LogP contribution is 2.34. The van der Waals surface area contributed by atoms with Crippen molar-refractivity contribution in [2.45, 2.75) is 46.3 Å². The van der Waals surface area contributed by atoms with Crippen LogP contribution in [0.25, 0.3) is 0 Å². The summed E-state index contributed by atoms with van der Waals surface area (Å²) in [6, 6.07) is 6.60. The van der Waals surface area contributed by atoms with Gasteiger partial charge >= 0.3 is 0 Å². The number of benzene rings is 1. The summed E-state index contributed by atoms with van der Waals surface area (Å²) < 4.78 is 10.8. The molecule has 1 aromatic heterocycles. The Morgan fingerprint density at radius 1 is 1.38 bits per heavy atom. The lowest BCUT2D eigenvalue weighted by molar-refractivity contribution is -0.137.